The third kappa shape index (κ3) is 3.64. The van der Waals surface area contributed by atoms with E-state index in [0.29, 0.717) is 0 Å². The van der Waals surface area contributed by atoms with Gasteiger partial charge in [0.1, 0.15) is 0 Å². The normalized spacial score (nSPS) is 12.7. The lowest BCUT2D eigenvalue weighted by Crippen LogP contribution is -2.23. The first kappa shape index (κ1) is 16.0. The molecule has 1 aromatic heterocycles. The highest BCUT2D eigenvalue weighted by atomic mass is 79.9. The third-order valence-electron chi connectivity index (χ3n) is 3.26. The number of rotatable bonds is 5. The molecule has 4 heteroatoms. The van der Waals surface area contributed by atoms with Crippen molar-refractivity contribution in [3.63, 3.8) is 0 Å². The molecule has 0 saturated carbocycles. The first-order valence-corrected chi connectivity index (χ1v) is 8.77. The Morgan fingerprint density at radius 3 is 2.55 bits per heavy atom. The fourth-order valence-electron chi connectivity index (χ4n) is 2.35. The summed E-state index contributed by atoms with van der Waals surface area (Å²) in [6.45, 7) is 7.53. The minimum Gasteiger partial charge on any atom is -0.306 e. The van der Waals surface area contributed by atoms with E-state index in [1.807, 2.05) is 23.5 Å². The zero-order valence-corrected chi connectivity index (χ0v) is 15.1. The fourth-order valence-corrected chi connectivity index (χ4v) is 4.22. The van der Waals surface area contributed by atoms with Gasteiger partial charge < -0.3 is 5.32 Å². The van der Waals surface area contributed by atoms with E-state index in [-0.39, 0.29) is 6.04 Å². The van der Waals surface area contributed by atoms with Crippen molar-refractivity contribution in [1.29, 1.82) is 0 Å². The minimum atomic E-state index is 0.214. The maximum Gasteiger partial charge on any atom is 0.0598 e. The molecule has 0 aliphatic carbocycles. The van der Waals surface area contributed by atoms with Crippen molar-refractivity contribution >= 4 is 38.9 Å². The number of thiophene rings is 1. The summed E-state index contributed by atoms with van der Waals surface area (Å²) < 4.78 is 1.06. The SMILES string of the molecule is CCCNC(c1ccc(Cl)cc1Br)c1cc(C)sc1C. The lowest BCUT2D eigenvalue weighted by atomic mass is 9.99. The molecule has 0 spiro atoms. The van der Waals surface area contributed by atoms with Gasteiger partial charge in [-0.05, 0) is 56.1 Å². The molecule has 1 atom stereocenters. The van der Waals surface area contributed by atoms with E-state index in [1.54, 1.807) is 0 Å². The molecule has 0 radical (unpaired) electrons. The van der Waals surface area contributed by atoms with Gasteiger partial charge in [-0.15, -0.1) is 11.3 Å². The molecule has 2 rings (SSSR count). The molecular formula is C16H19BrClNS. The average molecular weight is 373 g/mol. The van der Waals surface area contributed by atoms with Crippen LogP contribution in [0.25, 0.3) is 0 Å². The summed E-state index contributed by atoms with van der Waals surface area (Å²) in [5.41, 5.74) is 2.60. The Kier molecular flexibility index (Phi) is 5.67. The van der Waals surface area contributed by atoms with Gasteiger partial charge in [-0.1, -0.05) is 40.5 Å². The molecular weight excluding hydrogens is 354 g/mol. The Bertz CT molecular complexity index is 594. The van der Waals surface area contributed by atoms with Crippen LogP contribution in [-0.2, 0) is 0 Å². The molecule has 1 heterocycles. The first-order chi connectivity index (χ1) is 9.52. The number of nitrogens with one attached hydrogen (secondary N) is 1. The molecule has 2 aromatic rings. The molecule has 108 valence electrons. The van der Waals surface area contributed by atoms with Crippen molar-refractivity contribution in [3.8, 4) is 0 Å². The van der Waals surface area contributed by atoms with Crippen LogP contribution in [-0.4, -0.2) is 6.54 Å². The molecule has 20 heavy (non-hydrogen) atoms. The number of benzene rings is 1. The standard InChI is InChI=1S/C16H19BrClNS/c1-4-7-19-16(14-8-10(2)20-11(14)3)13-6-5-12(18)9-15(13)17/h5-6,8-9,16,19H,4,7H2,1-3H3. The molecule has 0 amide bonds. The molecule has 0 bridgehead atoms. The highest BCUT2D eigenvalue weighted by Gasteiger charge is 2.19. The summed E-state index contributed by atoms with van der Waals surface area (Å²) in [4.78, 5) is 2.73. The van der Waals surface area contributed by atoms with Gasteiger partial charge in [0.25, 0.3) is 0 Å². The van der Waals surface area contributed by atoms with Crippen molar-refractivity contribution in [1.82, 2.24) is 5.32 Å². The topological polar surface area (TPSA) is 12.0 Å². The second-order valence-electron chi connectivity index (χ2n) is 4.92. The van der Waals surface area contributed by atoms with E-state index in [1.165, 1.54) is 20.9 Å². The van der Waals surface area contributed by atoms with E-state index in [0.717, 1.165) is 22.5 Å². The third-order valence-corrected chi connectivity index (χ3v) is 5.17. The van der Waals surface area contributed by atoms with Gasteiger partial charge in [-0.2, -0.15) is 0 Å². The van der Waals surface area contributed by atoms with Gasteiger partial charge in [0.15, 0.2) is 0 Å². The monoisotopic (exact) mass is 371 g/mol. The molecule has 1 aromatic carbocycles. The predicted molar refractivity (Wildman–Crippen MR) is 93.1 cm³/mol. The molecule has 0 aliphatic heterocycles. The van der Waals surface area contributed by atoms with Crippen LogP contribution in [0, 0.1) is 13.8 Å². The van der Waals surface area contributed by atoms with Crippen LogP contribution in [0.15, 0.2) is 28.7 Å². The fraction of sp³-hybridized carbons (Fsp3) is 0.375. The van der Waals surface area contributed by atoms with Crippen molar-refractivity contribution in [2.24, 2.45) is 0 Å². The summed E-state index contributed by atoms with van der Waals surface area (Å²) >= 11 is 11.6. The Balaban J connectivity index is 2.44. The van der Waals surface area contributed by atoms with Crippen LogP contribution >= 0.6 is 38.9 Å². The Morgan fingerprint density at radius 1 is 1.25 bits per heavy atom. The quantitative estimate of drug-likeness (QED) is 0.692. The number of hydrogen-bond acceptors (Lipinski definition) is 2. The van der Waals surface area contributed by atoms with Crippen LogP contribution in [0.3, 0.4) is 0 Å². The van der Waals surface area contributed by atoms with Crippen molar-refractivity contribution in [2.75, 3.05) is 6.54 Å². The molecule has 1 unspecified atom stereocenters. The van der Waals surface area contributed by atoms with Crippen molar-refractivity contribution in [2.45, 2.75) is 33.2 Å². The smallest absolute Gasteiger partial charge is 0.0598 e. The van der Waals surface area contributed by atoms with Gasteiger partial charge in [-0.25, -0.2) is 0 Å². The molecule has 1 N–H and O–H groups in total. The van der Waals surface area contributed by atoms with Gasteiger partial charge in [0.2, 0.25) is 0 Å². The van der Waals surface area contributed by atoms with Gasteiger partial charge in [0, 0.05) is 19.2 Å². The zero-order chi connectivity index (χ0) is 14.7. The Morgan fingerprint density at radius 2 is 2.00 bits per heavy atom. The molecule has 0 aliphatic rings. The summed E-state index contributed by atoms with van der Waals surface area (Å²) in [6, 6.07) is 8.52. The highest BCUT2D eigenvalue weighted by Crippen LogP contribution is 2.35. The number of hydrogen-bond donors (Lipinski definition) is 1. The summed E-state index contributed by atoms with van der Waals surface area (Å²) in [6.07, 6.45) is 1.11. The van der Waals surface area contributed by atoms with Crippen LogP contribution in [0.2, 0.25) is 5.02 Å². The van der Waals surface area contributed by atoms with E-state index in [2.05, 4.69) is 54.2 Å². The van der Waals surface area contributed by atoms with E-state index < -0.39 is 0 Å². The van der Waals surface area contributed by atoms with E-state index >= 15 is 0 Å². The zero-order valence-electron chi connectivity index (χ0n) is 12.0. The van der Waals surface area contributed by atoms with Crippen molar-refractivity contribution < 1.29 is 0 Å². The van der Waals surface area contributed by atoms with Crippen molar-refractivity contribution in [3.05, 3.63) is 54.6 Å². The second-order valence-corrected chi connectivity index (χ2v) is 7.67. The summed E-state index contributed by atoms with van der Waals surface area (Å²) in [5.74, 6) is 0. The lowest BCUT2D eigenvalue weighted by Gasteiger charge is -2.21. The van der Waals surface area contributed by atoms with Crippen LogP contribution in [0.4, 0.5) is 0 Å². The Labute approximate surface area is 138 Å². The van der Waals surface area contributed by atoms with Gasteiger partial charge >= 0.3 is 0 Å². The molecule has 0 saturated heterocycles. The number of halogens is 2. The summed E-state index contributed by atoms with van der Waals surface area (Å²) in [7, 11) is 0. The van der Waals surface area contributed by atoms with E-state index in [9.17, 15) is 0 Å². The molecule has 1 nitrogen and oxygen atoms in total. The van der Waals surface area contributed by atoms with Gasteiger partial charge in [-0.3, -0.25) is 0 Å². The summed E-state index contributed by atoms with van der Waals surface area (Å²) in [5, 5.41) is 4.41. The number of aryl methyl sites for hydroxylation is 2. The maximum absolute atomic E-state index is 6.06. The highest BCUT2D eigenvalue weighted by molar-refractivity contribution is 9.10. The van der Waals surface area contributed by atoms with Gasteiger partial charge in [0.05, 0.1) is 6.04 Å². The van der Waals surface area contributed by atoms with Crippen LogP contribution in [0.5, 0.6) is 0 Å². The average Bonchev–Trinajstić information content (AvgIpc) is 2.71. The Hall–Kier alpha value is -0.350. The second kappa shape index (κ2) is 7.08. The maximum atomic E-state index is 6.06. The minimum absolute atomic E-state index is 0.214. The van der Waals surface area contributed by atoms with Crippen LogP contribution < -0.4 is 5.32 Å². The lowest BCUT2D eigenvalue weighted by molar-refractivity contribution is 0.596. The van der Waals surface area contributed by atoms with E-state index in [4.69, 9.17) is 11.6 Å². The predicted octanol–water partition coefficient (Wildman–Crippen LogP) is 5.87. The molecule has 0 fully saturated rings. The largest absolute Gasteiger partial charge is 0.306 e. The first-order valence-electron chi connectivity index (χ1n) is 6.78. The van der Waals surface area contributed by atoms with Crippen LogP contribution in [0.1, 0.15) is 40.3 Å².